The summed E-state index contributed by atoms with van der Waals surface area (Å²) in [6.07, 6.45) is 0. The summed E-state index contributed by atoms with van der Waals surface area (Å²) in [5, 5.41) is 3.40. The van der Waals surface area contributed by atoms with Crippen molar-refractivity contribution in [1.29, 1.82) is 0 Å². The average Bonchev–Trinajstić information content (AvgIpc) is 3.21. The van der Waals surface area contributed by atoms with Crippen LogP contribution in [0.4, 0.5) is 0 Å². The van der Waals surface area contributed by atoms with E-state index in [1.165, 1.54) is 38.8 Å². The average molecular weight is 637 g/mol. The lowest BCUT2D eigenvalue weighted by atomic mass is 9.95. The predicted molar refractivity (Wildman–Crippen MR) is 210 cm³/mol. The normalized spacial score (nSPS) is 11.2. The van der Waals surface area contributed by atoms with Crippen LogP contribution in [0.15, 0.2) is 194 Å². The van der Waals surface area contributed by atoms with E-state index >= 15 is 0 Å². The molecule has 0 fully saturated rings. The SMILES string of the molecule is c1ccc(-c2ccc(-c3nc(-c4cccc(-c5cccc(-c6cccc(-c7ccccc7)c6)c5)c4)nc4ccc5ccccc5c34)cc2)cc1. The molecule has 0 aliphatic rings. The van der Waals surface area contributed by atoms with Gasteiger partial charge in [-0.3, -0.25) is 0 Å². The fourth-order valence-electron chi connectivity index (χ4n) is 6.92. The van der Waals surface area contributed by atoms with Gasteiger partial charge in [-0.15, -0.1) is 0 Å². The van der Waals surface area contributed by atoms with E-state index in [1.54, 1.807) is 0 Å². The molecule has 0 unspecified atom stereocenters. The lowest BCUT2D eigenvalue weighted by molar-refractivity contribution is 1.23. The Labute approximate surface area is 292 Å². The first-order valence-electron chi connectivity index (χ1n) is 17.0. The van der Waals surface area contributed by atoms with Gasteiger partial charge >= 0.3 is 0 Å². The summed E-state index contributed by atoms with van der Waals surface area (Å²) in [6.45, 7) is 0. The van der Waals surface area contributed by atoms with Gasteiger partial charge in [0.2, 0.25) is 0 Å². The van der Waals surface area contributed by atoms with Crippen LogP contribution < -0.4 is 0 Å². The molecule has 0 radical (unpaired) electrons. The summed E-state index contributed by atoms with van der Waals surface area (Å²) in [6, 6.07) is 68.7. The Morgan fingerprint density at radius 2 is 0.720 bits per heavy atom. The molecule has 9 rings (SSSR count). The minimum Gasteiger partial charge on any atom is -0.228 e. The quantitative estimate of drug-likeness (QED) is 0.170. The van der Waals surface area contributed by atoms with Crippen LogP contribution in [0.2, 0.25) is 0 Å². The van der Waals surface area contributed by atoms with Crippen molar-refractivity contribution in [3.63, 3.8) is 0 Å². The van der Waals surface area contributed by atoms with Crippen LogP contribution in [0.5, 0.6) is 0 Å². The smallest absolute Gasteiger partial charge is 0.160 e. The van der Waals surface area contributed by atoms with Gasteiger partial charge in [0, 0.05) is 16.5 Å². The molecule has 234 valence electrons. The van der Waals surface area contributed by atoms with Gasteiger partial charge in [0.1, 0.15) is 0 Å². The number of fused-ring (bicyclic) bond motifs is 3. The lowest BCUT2D eigenvalue weighted by Gasteiger charge is -2.13. The Morgan fingerprint density at radius 1 is 0.280 bits per heavy atom. The van der Waals surface area contributed by atoms with Crippen molar-refractivity contribution in [1.82, 2.24) is 9.97 Å². The maximum Gasteiger partial charge on any atom is 0.160 e. The Morgan fingerprint density at radius 3 is 1.34 bits per heavy atom. The number of nitrogens with zero attached hydrogens (tertiary/aromatic N) is 2. The van der Waals surface area contributed by atoms with Gasteiger partial charge in [0.15, 0.2) is 5.82 Å². The molecule has 0 bridgehead atoms. The van der Waals surface area contributed by atoms with Gasteiger partial charge in [-0.2, -0.15) is 0 Å². The summed E-state index contributed by atoms with van der Waals surface area (Å²) in [5.41, 5.74) is 13.4. The summed E-state index contributed by atoms with van der Waals surface area (Å²) in [7, 11) is 0. The van der Waals surface area contributed by atoms with Crippen molar-refractivity contribution in [2.75, 3.05) is 0 Å². The highest BCUT2D eigenvalue weighted by Crippen LogP contribution is 2.36. The summed E-state index contributed by atoms with van der Waals surface area (Å²) in [4.78, 5) is 10.5. The molecular formula is C48H32N2. The van der Waals surface area contributed by atoms with Gasteiger partial charge in [-0.1, -0.05) is 170 Å². The third kappa shape index (κ3) is 5.63. The molecule has 2 nitrogen and oxygen atoms in total. The van der Waals surface area contributed by atoms with Crippen LogP contribution in [0, 0.1) is 0 Å². The van der Waals surface area contributed by atoms with Crippen LogP contribution in [-0.2, 0) is 0 Å². The first-order valence-corrected chi connectivity index (χ1v) is 17.0. The van der Waals surface area contributed by atoms with E-state index in [1.807, 2.05) is 6.07 Å². The minimum atomic E-state index is 0.712. The van der Waals surface area contributed by atoms with E-state index in [0.717, 1.165) is 44.2 Å². The number of aromatic nitrogens is 2. The Hall–Kier alpha value is -6.64. The fraction of sp³-hybridized carbons (Fsp3) is 0. The number of hydrogen-bond donors (Lipinski definition) is 0. The van der Waals surface area contributed by atoms with Gasteiger partial charge < -0.3 is 0 Å². The van der Waals surface area contributed by atoms with Crippen LogP contribution in [0.3, 0.4) is 0 Å². The molecule has 0 atom stereocenters. The standard InChI is InChI=1S/C48H32N2/c1-3-12-33(13-4-1)35-24-26-37(27-25-35)47-46-44-23-8-7-16-36(44)28-29-45(46)49-48(50-47)43-22-11-21-42(32-43)41-20-10-19-40(31-41)39-18-9-17-38(30-39)34-14-5-2-6-15-34/h1-32H. The van der Waals surface area contributed by atoms with Gasteiger partial charge in [-0.25, -0.2) is 9.97 Å². The molecule has 9 aromatic rings. The largest absolute Gasteiger partial charge is 0.228 e. The van der Waals surface area contributed by atoms with E-state index in [2.05, 4.69) is 188 Å². The molecule has 0 aliphatic heterocycles. The molecule has 1 aromatic heterocycles. The molecule has 0 spiro atoms. The monoisotopic (exact) mass is 636 g/mol. The zero-order chi connectivity index (χ0) is 33.3. The molecule has 0 N–H and O–H groups in total. The predicted octanol–water partition coefficient (Wildman–Crippen LogP) is 12.8. The van der Waals surface area contributed by atoms with Gasteiger partial charge in [-0.05, 0) is 79.5 Å². The maximum atomic E-state index is 5.32. The molecule has 0 aliphatic carbocycles. The highest BCUT2D eigenvalue weighted by Gasteiger charge is 2.15. The highest BCUT2D eigenvalue weighted by atomic mass is 14.9. The van der Waals surface area contributed by atoms with E-state index in [-0.39, 0.29) is 0 Å². The van der Waals surface area contributed by atoms with Crippen molar-refractivity contribution >= 4 is 21.7 Å². The molecule has 1 heterocycles. The Balaban J connectivity index is 1.13. The Bertz CT molecular complexity index is 2620. The molecule has 2 heteroatoms. The Kier molecular flexibility index (Phi) is 7.53. The van der Waals surface area contributed by atoms with E-state index in [9.17, 15) is 0 Å². The molecule has 0 saturated carbocycles. The molecule has 50 heavy (non-hydrogen) atoms. The second-order valence-corrected chi connectivity index (χ2v) is 12.6. The van der Waals surface area contributed by atoms with Crippen LogP contribution in [-0.4, -0.2) is 9.97 Å². The van der Waals surface area contributed by atoms with Gasteiger partial charge in [0.25, 0.3) is 0 Å². The van der Waals surface area contributed by atoms with E-state index < -0.39 is 0 Å². The third-order valence-electron chi connectivity index (χ3n) is 9.47. The number of hydrogen-bond acceptors (Lipinski definition) is 2. The van der Waals surface area contributed by atoms with Crippen molar-refractivity contribution in [2.45, 2.75) is 0 Å². The van der Waals surface area contributed by atoms with E-state index in [4.69, 9.17) is 9.97 Å². The summed E-state index contributed by atoms with van der Waals surface area (Å²) < 4.78 is 0. The zero-order valence-corrected chi connectivity index (χ0v) is 27.4. The molecular weight excluding hydrogens is 605 g/mol. The van der Waals surface area contributed by atoms with E-state index in [0.29, 0.717) is 5.82 Å². The van der Waals surface area contributed by atoms with Crippen molar-refractivity contribution in [2.24, 2.45) is 0 Å². The number of rotatable bonds is 6. The summed E-state index contributed by atoms with van der Waals surface area (Å²) in [5.74, 6) is 0.712. The highest BCUT2D eigenvalue weighted by molar-refractivity contribution is 6.12. The molecule has 0 saturated heterocycles. The first kappa shape index (κ1) is 29.5. The van der Waals surface area contributed by atoms with Crippen LogP contribution >= 0.6 is 0 Å². The lowest BCUT2D eigenvalue weighted by Crippen LogP contribution is -1.96. The van der Waals surface area contributed by atoms with Gasteiger partial charge in [0.05, 0.1) is 11.2 Å². The summed E-state index contributed by atoms with van der Waals surface area (Å²) >= 11 is 0. The van der Waals surface area contributed by atoms with Crippen molar-refractivity contribution < 1.29 is 0 Å². The first-order chi connectivity index (χ1) is 24.8. The van der Waals surface area contributed by atoms with Crippen LogP contribution in [0.1, 0.15) is 0 Å². The third-order valence-corrected chi connectivity index (χ3v) is 9.47. The second kappa shape index (κ2) is 12.8. The van der Waals surface area contributed by atoms with Crippen molar-refractivity contribution in [3.05, 3.63) is 194 Å². The zero-order valence-electron chi connectivity index (χ0n) is 27.4. The van der Waals surface area contributed by atoms with Crippen LogP contribution in [0.25, 0.3) is 88.8 Å². The minimum absolute atomic E-state index is 0.712. The fourth-order valence-corrected chi connectivity index (χ4v) is 6.92. The topological polar surface area (TPSA) is 25.8 Å². The number of benzene rings is 8. The molecule has 0 amide bonds. The second-order valence-electron chi connectivity index (χ2n) is 12.6. The maximum absolute atomic E-state index is 5.32. The molecule has 8 aromatic carbocycles. The van der Waals surface area contributed by atoms with Crippen molar-refractivity contribution in [3.8, 4) is 67.2 Å².